The van der Waals surface area contributed by atoms with E-state index in [1.54, 1.807) is 0 Å². The highest BCUT2D eigenvalue weighted by atomic mass is 16.2. The van der Waals surface area contributed by atoms with Crippen LogP contribution in [0.5, 0.6) is 0 Å². The molecule has 0 bridgehead atoms. The Kier molecular flexibility index (Phi) is 7.01. The van der Waals surface area contributed by atoms with Crippen molar-refractivity contribution in [2.45, 2.75) is 39.3 Å². The van der Waals surface area contributed by atoms with Crippen LogP contribution in [0.3, 0.4) is 0 Å². The van der Waals surface area contributed by atoms with Crippen molar-refractivity contribution in [2.75, 3.05) is 24.3 Å². The highest BCUT2D eigenvalue weighted by Crippen LogP contribution is 2.32. The number of carbonyl (C=O) groups excluding carboxylic acids is 2. The van der Waals surface area contributed by atoms with E-state index in [0.29, 0.717) is 12.1 Å². The van der Waals surface area contributed by atoms with E-state index in [1.165, 1.54) is 0 Å². The van der Waals surface area contributed by atoms with Crippen LogP contribution < -0.4 is 10.2 Å². The van der Waals surface area contributed by atoms with Gasteiger partial charge in [0.2, 0.25) is 5.91 Å². The molecule has 1 aliphatic carbocycles. The first-order valence-electron chi connectivity index (χ1n) is 11.9. The third-order valence-electron chi connectivity index (χ3n) is 6.39. The van der Waals surface area contributed by atoms with E-state index >= 15 is 0 Å². The number of anilines is 2. The lowest BCUT2D eigenvalue weighted by atomic mass is 10.0. The largest absolute Gasteiger partial charge is 0.377 e. The van der Waals surface area contributed by atoms with Gasteiger partial charge in [-0.3, -0.25) is 9.59 Å². The monoisotopic (exact) mass is 455 g/mol. The molecule has 0 aromatic heterocycles. The number of nitrogens with one attached hydrogen (secondary N) is 1. The molecule has 0 aliphatic heterocycles. The van der Waals surface area contributed by atoms with Crippen molar-refractivity contribution in [1.82, 2.24) is 4.90 Å². The lowest BCUT2D eigenvalue weighted by molar-refractivity contribution is -0.117. The Labute approximate surface area is 202 Å². The van der Waals surface area contributed by atoms with E-state index < -0.39 is 0 Å². The first kappa shape index (κ1) is 23.6. The smallest absolute Gasteiger partial charge is 0.254 e. The fraction of sp³-hybridized carbons (Fsp3) is 0.310. The zero-order valence-corrected chi connectivity index (χ0v) is 20.4. The molecule has 176 valence electrons. The number of hydrogen-bond acceptors (Lipinski definition) is 3. The maximum Gasteiger partial charge on any atom is 0.254 e. The summed E-state index contributed by atoms with van der Waals surface area (Å²) in [6.45, 7) is 4.48. The third-order valence-corrected chi connectivity index (χ3v) is 6.39. The van der Waals surface area contributed by atoms with Gasteiger partial charge in [0.1, 0.15) is 0 Å². The Bertz CT molecular complexity index is 1170. The van der Waals surface area contributed by atoms with E-state index in [2.05, 4.69) is 24.4 Å². The molecular formula is C29H33N3O2. The van der Waals surface area contributed by atoms with E-state index in [4.69, 9.17) is 0 Å². The summed E-state index contributed by atoms with van der Waals surface area (Å²) >= 11 is 0. The topological polar surface area (TPSA) is 52.7 Å². The van der Waals surface area contributed by atoms with Gasteiger partial charge in [-0.05, 0) is 68.1 Å². The average molecular weight is 456 g/mol. The summed E-state index contributed by atoms with van der Waals surface area (Å²) in [5.41, 5.74) is 5.58. The van der Waals surface area contributed by atoms with Crippen LogP contribution in [0.2, 0.25) is 0 Å². The predicted molar refractivity (Wildman–Crippen MR) is 138 cm³/mol. The quantitative estimate of drug-likeness (QED) is 0.466. The van der Waals surface area contributed by atoms with Gasteiger partial charge in [0.05, 0.1) is 6.04 Å². The molecular weight excluding hydrogens is 422 g/mol. The summed E-state index contributed by atoms with van der Waals surface area (Å²) in [4.78, 5) is 30.1. The minimum Gasteiger partial charge on any atom is -0.377 e. The molecule has 5 heteroatoms. The van der Waals surface area contributed by atoms with Crippen LogP contribution in [-0.4, -0.2) is 30.8 Å². The minimum absolute atomic E-state index is 0.0165. The van der Waals surface area contributed by atoms with Crippen LogP contribution >= 0.6 is 0 Å². The van der Waals surface area contributed by atoms with Gasteiger partial charge in [-0.2, -0.15) is 0 Å². The molecule has 0 unspecified atom stereocenters. The van der Waals surface area contributed by atoms with Crippen LogP contribution in [0.25, 0.3) is 0 Å². The fourth-order valence-electron chi connectivity index (χ4n) is 4.24. The number of hydrogen-bond donors (Lipinski definition) is 1. The molecule has 2 amide bonds. The van der Waals surface area contributed by atoms with Gasteiger partial charge in [0, 0.05) is 43.5 Å². The summed E-state index contributed by atoms with van der Waals surface area (Å²) in [6, 6.07) is 23.7. The lowest BCUT2D eigenvalue weighted by Gasteiger charge is -2.32. The molecule has 0 heterocycles. The summed E-state index contributed by atoms with van der Waals surface area (Å²) < 4.78 is 0. The summed E-state index contributed by atoms with van der Waals surface area (Å²) in [6.07, 6.45) is 1.92. The number of benzene rings is 3. The fourth-order valence-corrected chi connectivity index (χ4v) is 4.24. The molecule has 4 rings (SSSR count). The maximum absolute atomic E-state index is 13.8. The van der Waals surface area contributed by atoms with Gasteiger partial charge in [-0.1, -0.05) is 48.0 Å². The van der Waals surface area contributed by atoms with Gasteiger partial charge in [-0.15, -0.1) is 0 Å². The first-order valence-corrected chi connectivity index (χ1v) is 11.9. The van der Waals surface area contributed by atoms with E-state index in [1.807, 2.05) is 91.5 Å². The van der Waals surface area contributed by atoms with Crippen molar-refractivity contribution in [1.29, 1.82) is 0 Å². The van der Waals surface area contributed by atoms with Gasteiger partial charge < -0.3 is 15.1 Å². The first-order chi connectivity index (χ1) is 16.3. The van der Waals surface area contributed by atoms with Crippen molar-refractivity contribution in [3.05, 3.63) is 95.1 Å². The molecule has 1 saturated carbocycles. The molecule has 1 aliphatic rings. The second kappa shape index (κ2) is 10.1. The Hall–Kier alpha value is -3.60. The van der Waals surface area contributed by atoms with Crippen molar-refractivity contribution in [2.24, 2.45) is 5.92 Å². The molecule has 1 N–H and O–H groups in total. The summed E-state index contributed by atoms with van der Waals surface area (Å²) in [5.74, 6) is 0.195. The van der Waals surface area contributed by atoms with Crippen LogP contribution in [0.15, 0.2) is 72.8 Å². The van der Waals surface area contributed by atoms with Gasteiger partial charge in [0.25, 0.3) is 5.91 Å². The summed E-state index contributed by atoms with van der Waals surface area (Å²) in [7, 11) is 3.99. The normalized spacial score (nSPS) is 13.8. The Morgan fingerprint density at radius 1 is 0.971 bits per heavy atom. The molecule has 0 radical (unpaired) electrons. The second-order valence-corrected chi connectivity index (χ2v) is 9.39. The second-order valence-electron chi connectivity index (χ2n) is 9.39. The number of nitrogens with zero attached hydrogens (tertiary/aromatic N) is 2. The van der Waals surface area contributed by atoms with Crippen molar-refractivity contribution in [3.63, 3.8) is 0 Å². The van der Waals surface area contributed by atoms with Crippen LogP contribution in [0, 0.1) is 12.8 Å². The van der Waals surface area contributed by atoms with Crippen molar-refractivity contribution >= 4 is 23.2 Å². The molecule has 1 fully saturated rings. The zero-order valence-electron chi connectivity index (χ0n) is 20.4. The van der Waals surface area contributed by atoms with Gasteiger partial charge in [-0.25, -0.2) is 0 Å². The van der Waals surface area contributed by atoms with Crippen molar-refractivity contribution < 1.29 is 9.59 Å². The van der Waals surface area contributed by atoms with E-state index in [9.17, 15) is 9.59 Å². The predicted octanol–water partition coefficient (Wildman–Crippen LogP) is 5.81. The zero-order chi connectivity index (χ0) is 24.2. The number of rotatable bonds is 8. The average Bonchev–Trinajstić information content (AvgIpc) is 3.68. The molecule has 3 aromatic rings. The third kappa shape index (κ3) is 5.48. The van der Waals surface area contributed by atoms with E-state index in [-0.39, 0.29) is 23.8 Å². The number of carbonyl (C=O) groups is 2. The SMILES string of the molecule is Cc1cccc(C(=O)N(Cc2cc(NC(=O)C3CC3)ccc2N(C)C)[C@@H](C)c2ccccc2)c1. The van der Waals surface area contributed by atoms with Crippen LogP contribution in [-0.2, 0) is 11.3 Å². The van der Waals surface area contributed by atoms with Crippen molar-refractivity contribution in [3.8, 4) is 0 Å². The van der Waals surface area contributed by atoms with Crippen LogP contribution in [0.1, 0.15) is 52.9 Å². The molecule has 3 aromatic carbocycles. The minimum atomic E-state index is -0.131. The maximum atomic E-state index is 13.8. The highest BCUT2D eigenvalue weighted by Gasteiger charge is 2.30. The molecule has 34 heavy (non-hydrogen) atoms. The molecule has 5 nitrogen and oxygen atoms in total. The highest BCUT2D eigenvalue weighted by molar-refractivity contribution is 5.95. The Morgan fingerprint density at radius 2 is 1.71 bits per heavy atom. The van der Waals surface area contributed by atoms with Gasteiger partial charge >= 0.3 is 0 Å². The Balaban J connectivity index is 1.71. The standard InChI is InChI=1S/C29H33N3O2/c1-20-9-8-12-24(17-20)29(34)32(21(2)22-10-6-5-7-11-22)19-25-18-26(15-16-27(25)31(3)4)30-28(33)23-13-14-23/h5-12,15-18,21,23H,13-14,19H2,1-4H3,(H,30,33)/t21-/m0/s1. The van der Waals surface area contributed by atoms with Crippen LogP contribution in [0.4, 0.5) is 11.4 Å². The summed E-state index contributed by atoms with van der Waals surface area (Å²) in [5, 5.41) is 3.05. The molecule has 0 saturated heterocycles. The van der Waals surface area contributed by atoms with E-state index in [0.717, 1.165) is 40.9 Å². The lowest BCUT2D eigenvalue weighted by Crippen LogP contribution is -2.34. The van der Waals surface area contributed by atoms with Gasteiger partial charge in [0.15, 0.2) is 0 Å². The Morgan fingerprint density at radius 3 is 2.35 bits per heavy atom. The molecule has 1 atom stereocenters. The molecule has 0 spiro atoms. The number of amides is 2. The number of aryl methyl sites for hydroxylation is 1.